The van der Waals surface area contributed by atoms with E-state index in [9.17, 15) is 4.79 Å². The van der Waals surface area contributed by atoms with Gasteiger partial charge in [-0.2, -0.15) is 0 Å². The molecule has 0 spiro atoms. The van der Waals surface area contributed by atoms with Gasteiger partial charge < -0.3 is 19.3 Å². The van der Waals surface area contributed by atoms with Crippen LogP contribution in [0, 0.1) is 12.8 Å². The Morgan fingerprint density at radius 2 is 2.21 bits per heavy atom. The summed E-state index contributed by atoms with van der Waals surface area (Å²) in [5, 5.41) is 11.1. The van der Waals surface area contributed by atoms with E-state index in [1.807, 2.05) is 25.1 Å². The molecule has 1 saturated carbocycles. The van der Waals surface area contributed by atoms with Gasteiger partial charge in [0.2, 0.25) is 5.88 Å². The number of rotatable bonds is 8. The topological polar surface area (TPSA) is 104 Å². The highest BCUT2D eigenvalue weighted by molar-refractivity contribution is 5.43. The second-order valence-corrected chi connectivity index (χ2v) is 7.15. The minimum Gasteiger partial charge on any atom is -0.495 e. The van der Waals surface area contributed by atoms with Crippen LogP contribution in [0.15, 0.2) is 39.8 Å². The fourth-order valence-electron chi connectivity index (χ4n) is 3.18. The van der Waals surface area contributed by atoms with Crippen molar-refractivity contribution < 1.29 is 14.0 Å². The maximum atomic E-state index is 12.3. The molecule has 1 fully saturated rings. The lowest BCUT2D eigenvalue weighted by Gasteiger charge is -2.10. The van der Waals surface area contributed by atoms with Crippen LogP contribution >= 0.6 is 0 Å². The molecular formula is C20H23N5O4. The first-order valence-corrected chi connectivity index (χ1v) is 9.40. The van der Waals surface area contributed by atoms with Gasteiger partial charge in [-0.15, -0.1) is 5.10 Å². The van der Waals surface area contributed by atoms with Crippen LogP contribution in [0.1, 0.15) is 29.5 Å². The molecule has 0 aromatic carbocycles. The van der Waals surface area contributed by atoms with Crippen molar-refractivity contribution >= 4 is 5.69 Å². The van der Waals surface area contributed by atoms with Crippen molar-refractivity contribution in [2.75, 3.05) is 19.0 Å². The molecule has 0 bridgehead atoms. The first-order valence-electron chi connectivity index (χ1n) is 9.40. The number of aromatic nitrogens is 4. The molecule has 0 radical (unpaired) electrons. The van der Waals surface area contributed by atoms with Crippen molar-refractivity contribution in [3.8, 4) is 11.6 Å². The summed E-state index contributed by atoms with van der Waals surface area (Å²) >= 11 is 0. The summed E-state index contributed by atoms with van der Waals surface area (Å²) < 4.78 is 17.4. The van der Waals surface area contributed by atoms with E-state index in [0.717, 1.165) is 23.6 Å². The van der Waals surface area contributed by atoms with Gasteiger partial charge in [-0.25, -0.2) is 4.68 Å². The van der Waals surface area contributed by atoms with Gasteiger partial charge in [-0.1, -0.05) is 5.16 Å². The molecule has 9 nitrogen and oxygen atoms in total. The van der Waals surface area contributed by atoms with Crippen molar-refractivity contribution in [1.29, 1.82) is 0 Å². The third-order valence-electron chi connectivity index (χ3n) is 4.91. The SMILES string of the molecule is COc1ccc([C@H]2C[C@@H]2COc2cc(NCc3cc(C)no3)c(=O)n(C)n2)nc1. The molecule has 0 aliphatic heterocycles. The van der Waals surface area contributed by atoms with Crippen LogP contribution in [-0.2, 0) is 13.6 Å². The van der Waals surface area contributed by atoms with Gasteiger partial charge >= 0.3 is 0 Å². The highest BCUT2D eigenvalue weighted by Crippen LogP contribution is 2.46. The van der Waals surface area contributed by atoms with Crippen molar-refractivity contribution in [1.82, 2.24) is 19.9 Å². The Kier molecular flexibility index (Phi) is 5.20. The molecule has 152 valence electrons. The zero-order chi connectivity index (χ0) is 20.4. The normalized spacial score (nSPS) is 17.8. The number of anilines is 1. The first-order chi connectivity index (χ1) is 14.0. The minimum atomic E-state index is -0.236. The van der Waals surface area contributed by atoms with Crippen LogP contribution in [0.2, 0.25) is 0 Å². The summed E-state index contributed by atoms with van der Waals surface area (Å²) in [5.74, 6) is 2.55. The number of ether oxygens (including phenoxy) is 2. The summed E-state index contributed by atoms with van der Waals surface area (Å²) in [7, 11) is 3.22. The number of hydrogen-bond donors (Lipinski definition) is 1. The summed E-state index contributed by atoms with van der Waals surface area (Å²) in [4.78, 5) is 16.8. The quantitative estimate of drug-likeness (QED) is 0.617. The zero-order valence-corrected chi connectivity index (χ0v) is 16.6. The van der Waals surface area contributed by atoms with E-state index in [1.54, 1.807) is 26.4 Å². The number of methoxy groups -OCH3 is 1. The average molecular weight is 397 g/mol. The molecule has 1 aliphatic carbocycles. The third kappa shape index (κ3) is 4.39. The van der Waals surface area contributed by atoms with Crippen LogP contribution in [0.5, 0.6) is 11.6 Å². The van der Waals surface area contributed by atoms with Crippen LogP contribution in [0.25, 0.3) is 0 Å². The van der Waals surface area contributed by atoms with Crippen molar-refractivity contribution in [2.24, 2.45) is 13.0 Å². The number of nitrogens with zero attached hydrogens (tertiary/aromatic N) is 4. The number of pyridine rings is 1. The van der Waals surface area contributed by atoms with Gasteiger partial charge in [0, 0.05) is 36.7 Å². The van der Waals surface area contributed by atoms with Crippen LogP contribution in [0.3, 0.4) is 0 Å². The highest BCUT2D eigenvalue weighted by Gasteiger charge is 2.40. The Morgan fingerprint density at radius 1 is 1.34 bits per heavy atom. The lowest BCUT2D eigenvalue weighted by molar-refractivity contribution is 0.278. The second kappa shape index (κ2) is 7.94. The fraction of sp³-hybridized carbons (Fsp3) is 0.400. The lowest BCUT2D eigenvalue weighted by atomic mass is 10.2. The van der Waals surface area contributed by atoms with Gasteiger partial charge in [0.1, 0.15) is 11.4 Å². The van der Waals surface area contributed by atoms with Crippen molar-refractivity contribution in [3.63, 3.8) is 0 Å². The number of nitrogens with one attached hydrogen (secondary N) is 1. The second-order valence-electron chi connectivity index (χ2n) is 7.15. The van der Waals surface area contributed by atoms with E-state index in [-0.39, 0.29) is 5.56 Å². The molecule has 9 heteroatoms. The Labute approximate surface area is 167 Å². The van der Waals surface area contributed by atoms with Crippen LogP contribution in [-0.4, -0.2) is 33.6 Å². The van der Waals surface area contributed by atoms with E-state index in [1.165, 1.54) is 4.68 Å². The maximum Gasteiger partial charge on any atom is 0.290 e. The molecule has 2 atom stereocenters. The average Bonchev–Trinajstić information content (AvgIpc) is 3.39. The molecule has 3 aromatic heterocycles. The molecule has 3 aromatic rings. The predicted molar refractivity (Wildman–Crippen MR) is 105 cm³/mol. The molecule has 3 heterocycles. The maximum absolute atomic E-state index is 12.3. The number of hydrogen-bond acceptors (Lipinski definition) is 8. The van der Waals surface area contributed by atoms with Gasteiger partial charge in [-0.3, -0.25) is 9.78 Å². The Hall–Kier alpha value is -3.36. The first kappa shape index (κ1) is 19.0. The predicted octanol–water partition coefficient (Wildman–Crippen LogP) is 2.27. The Bertz CT molecular complexity index is 1040. The van der Waals surface area contributed by atoms with E-state index >= 15 is 0 Å². The fourth-order valence-corrected chi connectivity index (χ4v) is 3.18. The minimum absolute atomic E-state index is 0.236. The summed E-state index contributed by atoms with van der Waals surface area (Å²) in [6, 6.07) is 7.34. The largest absolute Gasteiger partial charge is 0.495 e. The highest BCUT2D eigenvalue weighted by atomic mass is 16.5. The summed E-state index contributed by atoms with van der Waals surface area (Å²) in [6.45, 7) is 2.72. The smallest absolute Gasteiger partial charge is 0.290 e. The monoisotopic (exact) mass is 397 g/mol. The Morgan fingerprint density at radius 3 is 2.90 bits per heavy atom. The summed E-state index contributed by atoms with van der Waals surface area (Å²) in [6.07, 6.45) is 2.75. The molecule has 4 rings (SSSR count). The van der Waals surface area contributed by atoms with E-state index in [0.29, 0.717) is 42.3 Å². The van der Waals surface area contributed by atoms with Crippen LogP contribution in [0.4, 0.5) is 5.69 Å². The molecule has 1 aliphatic rings. The molecule has 29 heavy (non-hydrogen) atoms. The Balaban J connectivity index is 1.36. The van der Waals surface area contributed by atoms with Gasteiger partial charge in [-0.05, 0) is 25.5 Å². The van der Waals surface area contributed by atoms with Crippen LogP contribution < -0.4 is 20.3 Å². The molecular weight excluding hydrogens is 374 g/mol. The van der Waals surface area contributed by atoms with Gasteiger partial charge in [0.25, 0.3) is 5.56 Å². The van der Waals surface area contributed by atoms with Gasteiger partial charge in [0.05, 0.1) is 32.2 Å². The van der Waals surface area contributed by atoms with Gasteiger partial charge in [0.15, 0.2) is 5.76 Å². The molecule has 0 amide bonds. The van der Waals surface area contributed by atoms with E-state index in [2.05, 4.69) is 20.6 Å². The molecule has 0 saturated heterocycles. The number of aryl methyl sites for hydroxylation is 2. The third-order valence-corrected chi connectivity index (χ3v) is 4.91. The molecule has 1 N–H and O–H groups in total. The van der Waals surface area contributed by atoms with Crippen molar-refractivity contribution in [3.05, 3.63) is 58.0 Å². The lowest BCUT2D eigenvalue weighted by Crippen LogP contribution is -2.24. The molecule has 0 unspecified atom stereocenters. The van der Waals surface area contributed by atoms with E-state index in [4.69, 9.17) is 14.0 Å². The zero-order valence-electron chi connectivity index (χ0n) is 16.6. The standard InChI is InChI=1S/C20H23N5O4/c1-12-6-15(29-24-12)10-22-18-8-19(23-25(2)20(18)26)28-11-13-7-16(13)17-5-4-14(27-3)9-21-17/h4-6,8-9,13,16,22H,7,10-11H2,1-3H3/t13-,16+/m1/s1. The van der Waals surface area contributed by atoms with Crippen molar-refractivity contribution in [2.45, 2.75) is 25.8 Å². The van der Waals surface area contributed by atoms with E-state index < -0.39 is 0 Å². The summed E-state index contributed by atoms with van der Waals surface area (Å²) in [5.41, 5.74) is 1.99.